The van der Waals surface area contributed by atoms with E-state index in [1.807, 2.05) is 42.6 Å². The van der Waals surface area contributed by atoms with Crippen LogP contribution in [0.1, 0.15) is 10.8 Å². The molecule has 1 aromatic heterocycles. The molecule has 6 nitrogen and oxygen atoms in total. The SMILES string of the molecule is Nc1ccc(-c2nnc3n2N=CC(c2ccc(O)cc2)S3)cc1. The summed E-state index contributed by atoms with van der Waals surface area (Å²) in [4.78, 5) is 0. The smallest absolute Gasteiger partial charge is 0.213 e. The number of nitrogen functional groups attached to an aromatic ring is 1. The normalized spacial score (nSPS) is 16.3. The first-order chi connectivity index (χ1) is 11.2. The van der Waals surface area contributed by atoms with Crippen LogP contribution in [0, 0.1) is 0 Å². The Hall–Kier alpha value is -2.80. The number of phenols is 1. The standard InChI is InChI=1S/C16H13N5OS/c17-12-5-1-11(2-6-12)15-19-20-16-21(15)18-9-14(23-16)10-3-7-13(22)8-4-10/h1-9,14,22H,17H2. The van der Waals surface area contributed by atoms with Crippen molar-refractivity contribution in [1.82, 2.24) is 14.9 Å². The lowest BCUT2D eigenvalue weighted by molar-refractivity contribution is 0.475. The number of hydrogen-bond donors (Lipinski definition) is 2. The summed E-state index contributed by atoms with van der Waals surface area (Å²) >= 11 is 1.57. The number of thioether (sulfide) groups is 1. The van der Waals surface area contributed by atoms with Crippen molar-refractivity contribution < 1.29 is 5.11 Å². The molecule has 4 rings (SSSR count). The van der Waals surface area contributed by atoms with E-state index in [0.29, 0.717) is 11.5 Å². The summed E-state index contributed by atoms with van der Waals surface area (Å²) in [5, 5.41) is 23.1. The van der Waals surface area contributed by atoms with Crippen LogP contribution >= 0.6 is 11.8 Å². The number of anilines is 1. The molecule has 7 heteroatoms. The lowest BCUT2D eigenvalue weighted by Gasteiger charge is -2.16. The Labute approximate surface area is 136 Å². The molecule has 0 radical (unpaired) electrons. The predicted octanol–water partition coefficient (Wildman–Crippen LogP) is 2.91. The molecule has 0 saturated heterocycles. The van der Waals surface area contributed by atoms with Crippen molar-refractivity contribution in [3.63, 3.8) is 0 Å². The van der Waals surface area contributed by atoms with E-state index in [9.17, 15) is 5.11 Å². The van der Waals surface area contributed by atoms with Crippen LogP contribution in [0.3, 0.4) is 0 Å². The Bertz CT molecular complexity index is 870. The van der Waals surface area contributed by atoms with Gasteiger partial charge in [-0.2, -0.15) is 9.78 Å². The summed E-state index contributed by atoms with van der Waals surface area (Å²) in [6.45, 7) is 0. The molecule has 0 saturated carbocycles. The molecule has 2 aromatic carbocycles. The van der Waals surface area contributed by atoms with E-state index < -0.39 is 0 Å². The number of rotatable bonds is 2. The van der Waals surface area contributed by atoms with Crippen LogP contribution < -0.4 is 5.73 Å². The number of phenolic OH excluding ortho intramolecular Hbond substituents is 1. The van der Waals surface area contributed by atoms with Gasteiger partial charge < -0.3 is 10.8 Å². The van der Waals surface area contributed by atoms with Crippen LogP contribution in [0.5, 0.6) is 5.75 Å². The first-order valence-corrected chi connectivity index (χ1v) is 7.90. The lowest BCUT2D eigenvalue weighted by atomic mass is 10.1. The second-order valence-corrected chi connectivity index (χ2v) is 6.24. The number of aromatic nitrogens is 3. The molecule has 23 heavy (non-hydrogen) atoms. The quantitative estimate of drug-likeness (QED) is 0.708. The highest BCUT2D eigenvalue weighted by Gasteiger charge is 2.23. The van der Waals surface area contributed by atoms with Crippen molar-refractivity contribution in [3.8, 4) is 17.1 Å². The highest BCUT2D eigenvalue weighted by molar-refractivity contribution is 8.00. The maximum atomic E-state index is 9.39. The zero-order valence-corrected chi connectivity index (χ0v) is 12.8. The predicted molar refractivity (Wildman–Crippen MR) is 90.5 cm³/mol. The number of aromatic hydroxyl groups is 1. The van der Waals surface area contributed by atoms with Crippen LogP contribution in [0.15, 0.2) is 58.8 Å². The van der Waals surface area contributed by atoms with Gasteiger partial charge in [-0.3, -0.25) is 0 Å². The average Bonchev–Trinajstić information content (AvgIpc) is 2.99. The fraction of sp³-hybridized carbons (Fsp3) is 0.0625. The van der Waals surface area contributed by atoms with Crippen molar-refractivity contribution >= 4 is 23.7 Å². The Morgan fingerprint density at radius 3 is 2.48 bits per heavy atom. The fourth-order valence-corrected chi connectivity index (χ4v) is 3.30. The number of hydrogen-bond acceptors (Lipinski definition) is 6. The maximum Gasteiger partial charge on any atom is 0.213 e. The average molecular weight is 323 g/mol. The molecule has 3 aromatic rings. The fourth-order valence-electron chi connectivity index (χ4n) is 2.34. The van der Waals surface area contributed by atoms with Gasteiger partial charge >= 0.3 is 0 Å². The molecule has 0 aliphatic carbocycles. The van der Waals surface area contributed by atoms with Gasteiger partial charge in [-0.1, -0.05) is 23.9 Å². The second-order valence-electron chi connectivity index (χ2n) is 5.13. The highest BCUT2D eigenvalue weighted by Crippen LogP contribution is 2.37. The van der Waals surface area contributed by atoms with Crippen LogP contribution in [-0.4, -0.2) is 26.2 Å². The summed E-state index contributed by atoms with van der Waals surface area (Å²) in [5.41, 5.74) is 8.39. The minimum absolute atomic E-state index is 0.0477. The zero-order valence-electron chi connectivity index (χ0n) is 12.0. The van der Waals surface area contributed by atoms with Gasteiger partial charge in [0.25, 0.3) is 0 Å². The van der Waals surface area contributed by atoms with Crippen LogP contribution in [0.25, 0.3) is 11.4 Å². The van der Waals surface area contributed by atoms with Crippen molar-refractivity contribution in [2.24, 2.45) is 5.10 Å². The van der Waals surface area contributed by atoms with Crippen LogP contribution in [0.2, 0.25) is 0 Å². The van der Waals surface area contributed by atoms with Gasteiger partial charge in [0.15, 0.2) is 5.82 Å². The summed E-state index contributed by atoms with van der Waals surface area (Å²) in [7, 11) is 0. The molecular weight excluding hydrogens is 310 g/mol. The Balaban J connectivity index is 1.66. The number of nitrogens with zero attached hydrogens (tertiary/aromatic N) is 4. The van der Waals surface area contributed by atoms with Crippen LogP contribution in [-0.2, 0) is 0 Å². The van der Waals surface area contributed by atoms with Crippen molar-refractivity contribution in [1.29, 1.82) is 0 Å². The zero-order chi connectivity index (χ0) is 15.8. The summed E-state index contributed by atoms with van der Waals surface area (Å²) in [5.74, 6) is 0.938. The Morgan fingerprint density at radius 1 is 1.00 bits per heavy atom. The Morgan fingerprint density at radius 2 is 1.74 bits per heavy atom. The van der Waals surface area contributed by atoms with Gasteiger partial charge in [-0.25, -0.2) is 0 Å². The largest absolute Gasteiger partial charge is 0.508 e. The van der Waals surface area contributed by atoms with E-state index in [-0.39, 0.29) is 11.0 Å². The monoisotopic (exact) mass is 323 g/mol. The summed E-state index contributed by atoms with van der Waals surface area (Å²) in [6, 6.07) is 14.6. The summed E-state index contributed by atoms with van der Waals surface area (Å²) < 4.78 is 1.73. The molecular formula is C16H13N5OS. The first-order valence-electron chi connectivity index (χ1n) is 7.02. The van der Waals surface area contributed by atoms with E-state index >= 15 is 0 Å². The molecule has 0 fully saturated rings. The van der Waals surface area contributed by atoms with Gasteiger partial charge in [0.05, 0.1) is 5.25 Å². The third-order valence-electron chi connectivity index (χ3n) is 3.55. The third kappa shape index (κ3) is 2.55. The minimum atomic E-state index is 0.0477. The molecule has 1 aliphatic rings. The molecule has 0 amide bonds. The van der Waals surface area contributed by atoms with Crippen molar-refractivity contribution in [2.45, 2.75) is 10.4 Å². The lowest BCUT2D eigenvalue weighted by Crippen LogP contribution is -2.07. The van der Waals surface area contributed by atoms with E-state index in [4.69, 9.17) is 5.73 Å². The van der Waals surface area contributed by atoms with Gasteiger partial charge in [0, 0.05) is 17.5 Å². The molecule has 3 N–H and O–H groups in total. The first kappa shape index (κ1) is 13.8. The number of fused-ring (bicyclic) bond motifs is 1. The summed E-state index contributed by atoms with van der Waals surface area (Å²) in [6.07, 6.45) is 1.86. The number of nitrogens with two attached hydrogens (primary N) is 1. The highest BCUT2D eigenvalue weighted by atomic mass is 32.2. The van der Waals surface area contributed by atoms with Gasteiger partial charge in [-0.15, -0.1) is 10.2 Å². The Kier molecular flexibility index (Phi) is 3.27. The molecule has 1 atom stereocenters. The van der Waals surface area contributed by atoms with E-state index in [1.54, 1.807) is 28.6 Å². The third-order valence-corrected chi connectivity index (χ3v) is 4.67. The molecule has 2 heterocycles. The molecule has 0 spiro atoms. The van der Waals surface area contributed by atoms with Gasteiger partial charge in [-0.05, 0) is 42.0 Å². The molecule has 1 aliphatic heterocycles. The topological polar surface area (TPSA) is 89.3 Å². The molecule has 1 unspecified atom stereocenters. The molecule has 114 valence electrons. The van der Waals surface area contributed by atoms with E-state index in [2.05, 4.69) is 15.3 Å². The second kappa shape index (κ2) is 5.44. The minimum Gasteiger partial charge on any atom is -0.508 e. The number of benzene rings is 2. The van der Waals surface area contributed by atoms with Gasteiger partial charge in [0.1, 0.15) is 5.75 Å². The maximum absolute atomic E-state index is 9.39. The van der Waals surface area contributed by atoms with Crippen molar-refractivity contribution in [2.75, 3.05) is 5.73 Å². The van der Waals surface area contributed by atoms with E-state index in [0.717, 1.165) is 16.3 Å². The van der Waals surface area contributed by atoms with Gasteiger partial charge in [0.2, 0.25) is 5.16 Å². The van der Waals surface area contributed by atoms with Crippen molar-refractivity contribution in [3.05, 3.63) is 54.1 Å². The van der Waals surface area contributed by atoms with Crippen LogP contribution in [0.4, 0.5) is 5.69 Å². The molecule has 0 bridgehead atoms. The van der Waals surface area contributed by atoms with E-state index in [1.165, 1.54) is 0 Å².